The van der Waals surface area contributed by atoms with Crippen LogP contribution in [0.5, 0.6) is 5.75 Å². The van der Waals surface area contributed by atoms with Crippen molar-refractivity contribution in [2.45, 2.75) is 11.8 Å². The number of phenolic OH excluding ortho intramolecular Hbond substituents is 1. The van der Waals surface area contributed by atoms with Gasteiger partial charge in [0, 0.05) is 0 Å². The van der Waals surface area contributed by atoms with Crippen LogP contribution in [0.1, 0.15) is 5.56 Å². The number of aryl methyl sites for hydroxylation is 1. The van der Waals surface area contributed by atoms with Gasteiger partial charge in [-0.3, -0.25) is 4.72 Å². The molecule has 0 fully saturated rings. The largest absolute Gasteiger partial charge is 0.506 e. The third kappa shape index (κ3) is 3.41. The molecule has 0 atom stereocenters. The van der Waals surface area contributed by atoms with Crippen LogP contribution in [0.25, 0.3) is 11.1 Å². The number of nitrogens with one attached hydrogen (secondary N) is 1. The van der Waals surface area contributed by atoms with Crippen molar-refractivity contribution >= 4 is 15.7 Å². The molecule has 3 rings (SSSR count). The number of aromatic hydroxyl groups is 1. The summed E-state index contributed by atoms with van der Waals surface area (Å²) in [5.41, 5.74) is 2.88. The number of benzene rings is 3. The van der Waals surface area contributed by atoms with Crippen LogP contribution in [0.15, 0.2) is 77.7 Å². The summed E-state index contributed by atoms with van der Waals surface area (Å²) in [4.78, 5) is 0.152. The monoisotopic (exact) mass is 339 g/mol. The van der Waals surface area contributed by atoms with E-state index in [0.29, 0.717) is 0 Å². The first-order chi connectivity index (χ1) is 11.5. The van der Waals surface area contributed by atoms with Crippen molar-refractivity contribution in [1.82, 2.24) is 0 Å². The van der Waals surface area contributed by atoms with Crippen molar-refractivity contribution < 1.29 is 13.5 Å². The Hall–Kier alpha value is -2.79. The summed E-state index contributed by atoms with van der Waals surface area (Å²) < 4.78 is 27.2. The van der Waals surface area contributed by atoms with Crippen molar-refractivity contribution in [3.05, 3.63) is 78.4 Å². The molecular formula is C19H17NO3S. The van der Waals surface area contributed by atoms with E-state index < -0.39 is 10.0 Å². The van der Waals surface area contributed by atoms with Crippen LogP contribution in [-0.2, 0) is 10.0 Å². The van der Waals surface area contributed by atoms with Crippen molar-refractivity contribution in [2.75, 3.05) is 4.72 Å². The van der Waals surface area contributed by atoms with E-state index >= 15 is 0 Å². The summed E-state index contributed by atoms with van der Waals surface area (Å²) in [6, 6.07) is 21.0. The lowest BCUT2D eigenvalue weighted by Gasteiger charge is -2.11. The molecule has 2 N–H and O–H groups in total. The Bertz CT molecular complexity index is 950. The first-order valence-electron chi connectivity index (χ1n) is 7.44. The Morgan fingerprint density at radius 2 is 1.50 bits per heavy atom. The highest BCUT2D eigenvalue weighted by atomic mass is 32.2. The maximum absolute atomic E-state index is 12.4. The molecule has 0 saturated heterocycles. The summed E-state index contributed by atoms with van der Waals surface area (Å²) in [6.45, 7) is 1.89. The first kappa shape index (κ1) is 16.1. The topological polar surface area (TPSA) is 66.4 Å². The number of anilines is 1. The highest BCUT2D eigenvalue weighted by molar-refractivity contribution is 7.92. The minimum atomic E-state index is -3.74. The fourth-order valence-electron chi connectivity index (χ4n) is 2.35. The molecule has 0 aliphatic carbocycles. The third-order valence-corrected chi connectivity index (χ3v) is 5.06. The van der Waals surface area contributed by atoms with Crippen LogP contribution in [-0.4, -0.2) is 13.5 Å². The van der Waals surface area contributed by atoms with E-state index in [2.05, 4.69) is 4.72 Å². The van der Waals surface area contributed by atoms with Crippen LogP contribution >= 0.6 is 0 Å². The van der Waals surface area contributed by atoms with Gasteiger partial charge < -0.3 is 5.11 Å². The summed E-state index contributed by atoms with van der Waals surface area (Å²) in [5, 5.41) is 10.2. The highest BCUT2D eigenvalue weighted by Crippen LogP contribution is 2.31. The lowest BCUT2D eigenvalue weighted by Crippen LogP contribution is -2.13. The highest BCUT2D eigenvalue weighted by Gasteiger charge is 2.16. The van der Waals surface area contributed by atoms with Crippen LogP contribution < -0.4 is 4.72 Å². The minimum absolute atomic E-state index is 0.118. The Balaban J connectivity index is 1.89. The van der Waals surface area contributed by atoms with E-state index in [4.69, 9.17) is 0 Å². The van der Waals surface area contributed by atoms with Gasteiger partial charge in [-0.15, -0.1) is 0 Å². The molecule has 0 unspecified atom stereocenters. The number of rotatable bonds is 4. The molecule has 0 amide bonds. The maximum atomic E-state index is 12.4. The molecule has 0 spiro atoms. The van der Waals surface area contributed by atoms with Crippen molar-refractivity contribution in [2.24, 2.45) is 0 Å². The Kier molecular flexibility index (Phi) is 4.27. The van der Waals surface area contributed by atoms with Gasteiger partial charge in [0.2, 0.25) is 0 Å². The predicted molar refractivity (Wildman–Crippen MR) is 95.5 cm³/mol. The quantitative estimate of drug-likeness (QED) is 0.701. The second kappa shape index (κ2) is 6.37. The zero-order valence-corrected chi connectivity index (χ0v) is 13.9. The van der Waals surface area contributed by atoms with Gasteiger partial charge >= 0.3 is 0 Å². The molecule has 0 saturated carbocycles. The fraction of sp³-hybridized carbons (Fsp3) is 0.0526. The van der Waals surface area contributed by atoms with Gasteiger partial charge in [0.05, 0.1) is 10.6 Å². The molecule has 3 aromatic rings. The molecule has 0 aliphatic rings. The molecular weight excluding hydrogens is 322 g/mol. The molecule has 0 bridgehead atoms. The number of phenols is 1. The van der Waals surface area contributed by atoms with Crippen LogP contribution in [0, 0.1) is 6.92 Å². The van der Waals surface area contributed by atoms with Crippen LogP contribution in [0.4, 0.5) is 5.69 Å². The van der Waals surface area contributed by atoms with Crippen molar-refractivity contribution in [3.63, 3.8) is 0 Å². The molecule has 5 heteroatoms. The lowest BCUT2D eigenvalue weighted by atomic mass is 10.1. The number of sulfonamides is 1. The van der Waals surface area contributed by atoms with Crippen molar-refractivity contribution in [3.8, 4) is 16.9 Å². The van der Waals surface area contributed by atoms with E-state index in [0.717, 1.165) is 16.7 Å². The second-order valence-corrected chi connectivity index (χ2v) is 7.20. The summed E-state index contributed by atoms with van der Waals surface area (Å²) in [6.07, 6.45) is 0. The zero-order valence-electron chi connectivity index (χ0n) is 13.1. The van der Waals surface area contributed by atoms with Gasteiger partial charge in [0.15, 0.2) is 0 Å². The van der Waals surface area contributed by atoms with E-state index in [1.165, 1.54) is 12.1 Å². The van der Waals surface area contributed by atoms with E-state index in [1.807, 2.05) is 37.3 Å². The standard InChI is InChI=1S/C19H17NO3S/c1-14-7-10-17(11-8-14)24(22,23)20-18-12-9-16(13-19(18)21)15-5-3-2-4-6-15/h2-13,20-21H,1H3. The number of hydrogen-bond acceptors (Lipinski definition) is 3. The normalized spacial score (nSPS) is 11.2. The molecule has 0 aromatic heterocycles. The zero-order chi connectivity index (χ0) is 17.2. The van der Waals surface area contributed by atoms with E-state index in [1.54, 1.807) is 30.3 Å². The maximum Gasteiger partial charge on any atom is 0.262 e. The number of hydrogen-bond donors (Lipinski definition) is 2. The van der Waals surface area contributed by atoms with Crippen LogP contribution in [0.2, 0.25) is 0 Å². The summed E-state index contributed by atoms with van der Waals surface area (Å²) in [5.74, 6) is -0.118. The molecule has 0 aliphatic heterocycles. The third-order valence-electron chi connectivity index (χ3n) is 3.68. The molecule has 24 heavy (non-hydrogen) atoms. The van der Waals surface area contributed by atoms with Gasteiger partial charge in [-0.25, -0.2) is 8.42 Å². The van der Waals surface area contributed by atoms with Crippen LogP contribution in [0.3, 0.4) is 0 Å². The van der Waals surface area contributed by atoms with Gasteiger partial charge in [-0.1, -0.05) is 54.1 Å². The van der Waals surface area contributed by atoms with Crippen molar-refractivity contribution in [1.29, 1.82) is 0 Å². The first-order valence-corrected chi connectivity index (χ1v) is 8.92. The van der Waals surface area contributed by atoms with E-state index in [9.17, 15) is 13.5 Å². The molecule has 0 heterocycles. The SMILES string of the molecule is Cc1ccc(S(=O)(=O)Nc2ccc(-c3ccccc3)cc2O)cc1. The second-order valence-electron chi connectivity index (χ2n) is 5.52. The average Bonchev–Trinajstić information content (AvgIpc) is 2.58. The predicted octanol–water partition coefficient (Wildman–Crippen LogP) is 4.17. The Morgan fingerprint density at radius 3 is 2.12 bits per heavy atom. The summed E-state index contributed by atoms with van der Waals surface area (Å²) in [7, 11) is -3.74. The average molecular weight is 339 g/mol. The van der Waals surface area contributed by atoms with Gasteiger partial charge in [0.1, 0.15) is 5.75 Å². The van der Waals surface area contributed by atoms with Gasteiger partial charge in [-0.2, -0.15) is 0 Å². The molecule has 122 valence electrons. The van der Waals surface area contributed by atoms with Gasteiger partial charge in [0.25, 0.3) is 10.0 Å². The molecule has 3 aromatic carbocycles. The summed E-state index contributed by atoms with van der Waals surface area (Å²) >= 11 is 0. The smallest absolute Gasteiger partial charge is 0.262 e. The van der Waals surface area contributed by atoms with Gasteiger partial charge in [-0.05, 0) is 42.3 Å². The lowest BCUT2D eigenvalue weighted by molar-refractivity contribution is 0.478. The molecule has 0 radical (unpaired) electrons. The molecule has 4 nitrogen and oxygen atoms in total. The minimum Gasteiger partial charge on any atom is -0.506 e. The fourth-order valence-corrected chi connectivity index (χ4v) is 3.42. The van der Waals surface area contributed by atoms with E-state index in [-0.39, 0.29) is 16.3 Å². The Labute approximate surface area is 141 Å². The Morgan fingerprint density at radius 1 is 0.833 bits per heavy atom.